The Morgan fingerprint density at radius 1 is 1.00 bits per heavy atom. The Morgan fingerprint density at radius 3 is 2.00 bits per heavy atom. The van der Waals surface area contributed by atoms with E-state index in [1.54, 1.807) is 24.3 Å². The van der Waals surface area contributed by atoms with E-state index in [-0.39, 0.29) is 5.57 Å². The summed E-state index contributed by atoms with van der Waals surface area (Å²) in [7, 11) is 0. The summed E-state index contributed by atoms with van der Waals surface area (Å²) < 4.78 is 4.81. The summed E-state index contributed by atoms with van der Waals surface area (Å²) in [4.78, 5) is 21.0. The van der Waals surface area contributed by atoms with Crippen molar-refractivity contribution in [2.24, 2.45) is 0 Å². The molecule has 1 N–H and O–H groups in total. The van der Waals surface area contributed by atoms with Crippen LogP contribution in [0.25, 0.3) is 0 Å². The number of carbonyl (C=O) groups is 2. The third kappa shape index (κ3) is 7.43. The number of carboxylic acid groups (broad SMARTS) is 1. The van der Waals surface area contributed by atoms with Crippen LogP contribution >= 0.6 is 0 Å². The maximum atomic E-state index is 10.6. The normalized spacial score (nSPS) is 9.04. The minimum Gasteiger partial charge on any atom is -0.478 e. The van der Waals surface area contributed by atoms with E-state index in [0.29, 0.717) is 12.2 Å². The number of esters is 1. The molecule has 23 heavy (non-hydrogen) atoms. The average molecular weight is 310 g/mol. The predicted molar refractivity (Wildman–Crippen MR) is 89.2 cm³/mol. The van der Waals surface area contributed by atoms with E-state index in [1.165, 1.54) is 0 Å². The molecule has 0 aliphatic carbocycles. The highest BCUT2D eigenvalue weighted by atomic mass is 16.5. The van der Waals surface area contributed by atoms with E-state index in [2.05, 4.69) is 13.2 Å². The third-order valence-corrected chi connectivity index (χ3v) is 2.69. The van der Waals surface area contributed by atoms with Crippen LogP contribution in [0.15, 0.2) is 85.5 Å². The monoisotopic (exact) mass is 310 g/mol. The first-order valence-electron chi connectivity index (χ1n) is 6.87. The van der Waals surface area contributed by atoms with Gasteiger partial charge in [0.25, 0.3) is 0 Å². The van der Waals surface area contributed by atoms with Gasteiger partial charge < -0.3 is 9.84 Å². The third-order valence-electron chi connectivity index (χ3n) is 2.69. The quantitative estimate of drug-likeness (QED) is 0.520. The maximum Gasteiger partial charge on any atom is 0.335 e. The molecule has 0 saturated heterocycles. The van der Waals surface area contributed by atoms with Gasteiger partial charge in [-0.05, 0) is 17.7 Å². The van der Waals surface area contributed by atoms with Crippen molar-refractivity contribution in [3.8, 4) is 5.75 Å². The van der Waals surface area contributed by atoms with Crippen LogP contribution in [-0.2, 0) is 16.0 Å². The summed E-state index contributed by atoms with van der Waals surface area (Å²) in [6, 6.07) is 18.3. The molecule has 4 heteroatoms. The minimum atomic E-state index is -0.932. The molecule has 2 rings (SSSR count). The summed E-state index contributed by atoms with van der Waals surface area (Å²) in [6.45, 7) is 6.73. The van der Waals surface area contributed by atoms with Crippen LogP contribution in [-0.4, -0.2) is 17.0 Å². The topological polar surface area (TPSA) is 63.6 Å². The molecular weight excluding hydrogens is 292 g/mol. The minimum absolute atomic E-state index is 0.223. The van der Waals surface area contributed by atoms with Crippen molar-refractivity contribution in [3.63, 3.8) is 0 Å². The van der Waals surface area contributed by atoms with Crippen molar-refractivity contribution >= 4 is 11.9 Å². The highest BCUT2D eigenvalue weighted by molar-refractivity contribution is 5.86. The van der Waals surface area contributed by atoms with Crippen LogP contribution in [0.2, 0.25) is 0 Å². The van der Waals surface area contributed by atoms with Crippen LogP contribution in [0.1, 0.15) is 5.56 Å². The summed E-state index contributed by atoms with van der Waals surface area (Å²) in [6.07, 6.45) is 1.54. The second-order valence-electron chi connectivity index (χ2n) is 4.51. The lowest BCUT2D eigenvalue weighted by molar-refractivity contribution is -0.132. The Kier molecular flexibility index (Phi) is 7.58. The fourth-order valence-electron chi connectivity index (χ4n) is 1.56. The summed E-state index contributed by atoms with van der Waals surface area (Å²) in [5.74, 6) is -0.826. The number of carboxylic acids is 1. The molecule has 0 aliphatic rings. The maximum absolute atomic E-state index is 10.6. The highest BCUT2D eigenvalue weighted by Gasteiger charge is 2.03. The van der Waals surface area contributed by atoms with E-state index >= 15 is 0 Å². The Balaban J connectivity index is 0.000000231. The first-order valence-corrected chi connectivity index (χ1v) is 6.87. The highest BCUT2D eigenvalue weighted by Crippen LogP contribution is 2.08. The summed E-state index contributed by atoms with van der Waals surface area (Å²) in [5, 5.41) is 8.54. The van der Waals surface area contributed by atoms with Crippen molar-refractivity contribution in [2.45, 2.75) is 6.42 Å². The zero-order valence-electron chi connectivity index (χ0n) is 12.6. The van der Waals surface area contributed by atoms with Crippen LogP contribution in [0, 0.1) is 0 Å². The summed E-state index contributed by atoms with van der Waals surface area (Å²) >= 11 is 0. The molecule has 0 saturated carbocycles. The number of ether oxygens (including phenoxy) is 1. The molecule has 0 fully saturated rings. The molecule has 0 aliphatic heterocycles. The van der Waals surface area contributed by atoms with Gasteiger partial charge in [0, 0.05) is 18.1 Å². The van der Waals surface area contributed by atoms with Crippen molar-refractivity contribution in [1.29, 1.82) is 0 Å². The van der Waals surface area contributed by atoms with Gasteiger partial charge in [-0.1, -0.05) is 61.7 Å². The molecule has 2 aromatic rings. The molecular formula is C19H18O4. The lowest BCUT2D eigenvalue weighted by Crippen LogP contribution is -2.02. The molecule has 0 unspecified atom stereocenters. The fourth-order valence-corrected chi connectivity index (χ4v) is 1.56. The number of para-hydroxylation sites is 1. The van der Waals surface area contributed by atoms with Crippen LogP contribution < -0.4 is 4.74 Å². The van der Waals surface area contributed by atoms with Gasteiger partial charge in [-0.15, -0.1) is 0 Å². The van der Waals surface area contributed by atoms with Gasteiger partial charge >= 0.3 is 11.9 Å². The lowest BCUT2D eigenvalue weighted by atomic mass is 10.1. The second-order valence-corrected chi connectivity index (χ2v) is 4.51. The molecule has 0 bridgehead atoms. The van der Waals surface area contributed by atoms with E-state index in [4.69, 9.17) is 9.84 Å². The molecule has 4 nitrogen and oxygen atoms in total. The van der Waals surface area contributed by atoms with Crippen molar-refractivity contribution in [1.82, 2.24) is 0 Å². The first kappa shape index (κ1) is 17.9. The number of benzene rings is 2. The lowest BCUT2D eigenvalue weighted by Gasteiger charge is -1.99. The van der Waals surface area contributed by atoms with E-state index in [9.17, 15) is 9.59 Å². The van der Waals surface area contributed by atoms with Gasteiger partial charge in [-0.25, -0.2) is 9.59 Å². The zero-order valence-corrected chi connectivity index (χ0v) is 12.6. The molecule has 0 spiro atoms. The largest absolute Gasteiger partial charge is 0.478 e. The van der Waals surface area contributed by atoms with Gasteiger partial charge in [0.15, 0.2) is 0 Å². The number of aliphatic carboxylic acids is 1. The van der Waals surface area contributed by atoms with Crippen LogP contribution in [0.3, 0.4) is 0 Å². The number of hydrogen-bond donors (Lipinski definition) is 1. The predicted octanol–water partition coefficient (Wildman–Crippen LogP) is 3.65. The standard InChI is InChI=1S/C10H10O2.C9H8O2/c1-8(10(11)12)7-9-5-3-2-4-6-9;1-2-9(10)11-8-6-4-3-5-7-8/h2-6H,1,7H2,(H,11,12);2-7H,1H2. The Labute approximate surface area is 135 Å². The Bertz CT molecular complexity index is 660. The molecule has 0 aromatic heterocycles. The first-order chi connectivity index (χ1) is 11.0. The summed E-state index contributed by atoms with van der Waals surface area (Å²) in [5.41, 5.74) is 1.20. The molecule has 0 radical (unpaired) electrons. The number of rotatable bonds is 5. The Hall–Kier alpha value is -3.14. The van der Waals surface area contributed by atoms with E-state index < -0.39 is 11.9 Å². The van der Waals surface area contributed by atoms with Crippen molar-refractivity contribution < 1.29 is 19.4 Å². The zero-order chi connectivity index (χ0) is 17.1. The van der Waals surface area contributed by atoms with Crippen LogP contribution in [0.5, 0.6) is 5.75 Å². The van der Waals surface area contributed by atoms with Gasteiger partial charge in [0.1, 0.15) is 5.75 Å². The SMILES string of the molecule is C=C(Cc1ccccc1)C(=O)O.C=CC(=O)Oc1ccccc1. The molecule has 2 aromatic carbocycles. The van der Waals surface area contributed by atoms with Gasteiger partial charge in [0.05, 0.1) is 0 Å². The van der Waals surface area contributed by atoms with Crippen LogP contribution in [0.4, 0.5) is 0 Å². The number of carbonyl (C=O) groups excluding carboxylic acids is 1. The van der Waals surface area contributed by atoms with E-state index in [1.807, 2.05) is 36.4 Å². The number of hydrogen-bond acceptors (Lipinski definition) is 3. The van der Waals surface area contributed by atoms with Gasteiger partial charge in [0.2, 0.25) is 0 Å². The molecule has 0 amide bonds. The average Bonchev–Trinajstić information content (AvgIpc) is 2.57. The van der Waals surface area contributed by atoms with Gasteiger partial charge in [-0.2, -0.15) is 0 Å². The molecule has 118 valence electrons. The van der Waals surface area contributed by atoms with Gasteiger partial charge in [-0.3, -0.25) is 0 Å². The second kappa shape index (κ2) is 9.73. The van der Waals surface area contributed by atoms with Crippen molar-refractivity contribution in [2.75, 3.05) is 0 Å². The van der Waals surface area contributed by atoms with E-state index in [0.717, 1.165) is 11.6 Å². The fraction of sp³-hybridized carbons (Fsp3) is 0.0526. The van der Waals surface area contributed by atoms with Crippen molar-refractivity contribution in [3.05, 3.63) is 91.0 Å². The Morgan fingerprint density at radius 2 is 1.52 bits per heavy atom. The smallest absolute Gasteiger partial charge is 0.335 e. The molecule has 0 heterocycles. The molecule has 0 atom stereocenters.